The van der Waals surface area contributed by atoms with E-state index in [1.165, 1.54) is 51.5 Å². The van der Waals surface area contributed by atoms with Crippen molar-refractivity contribution in [3.63, 3.8) is 0 Å². The first-order chi connectivity index (χ1) is 16.8. The number of fused-ring (bicyclic) bond motifs is 6. The zero-order valence-corrected chi connectivity index (χ0v) is 21.8. The molecule has 0 spiro atoms. The zero-order valence-electron chi connectivity index (χ0n) is 20.2. The third-order valence-electron chi connectivity index (χ3n) is 7.76. The molecule has 1 saturated heterocycles. The van der Waals surface area contributed by atoms with Crippen molar-refractivity contribution >= 4 is 75.6 Å². The van der Waals surface area contributed by atoms with E-state index in [4.69, 9.17) is 9.31 Å². The molecule has 6 aromatic rings. The fourth-order valence-corrected chi connectivity index (χ4v) is 7.75. The van der Waals surface area contributed by atoms with Gasteiger partial charge in [0.1, 0.15) is 0 Å². The van der Waals surface area contributed by atoms with Crippen molar-refractivity contribution in [2.75, 3.05) is 0 Å². The lowest BCUT2D eigenvalue weighted by molar-refractivity contribution is 0.00578. The van der Waals surface area contributed by atoms with Crippen LogP contribution in [0.4, 0.5) is 0 Å². The van der Waals surface area contributed by atoms with Crippen LogP contribution < -0.4 is 5.46 Å². The van der Waals surface area contributed by atoms with Gasteiger partial charge in [-0.3, -0.25) is 0 Å². The largest absolute Gasteiger partial charge is 0.496 e. The molecule has 0 radical (unpaired) electrons. The average Bonchev–Trinajstić information content (AvgIpc) is 3.47. The van der Waals surface area contributed by atoms with E-state index in [0.717, 1.165) is 5.46 Å². The number of hydrogen-bond donors (Lipinski definition) is 0. The normalized spacial score (nSPS) is 17.3. The number of benzene rings is 4. The Morgan fingerprint density at radius 3 is 1.74 bits per heavy atom. The summed E-state index contributed by atoms with van der Waals surface area (Å²) >= 11 is 3.74. The van der Waals surface area contributed by atoms with E-state index in [1.807, 2.05) is 22.7 Å². The minimum Gasteiger partial charge on any atom is -0.399 e. The van der Waals surface area contributed by atoms with Gasteiger partial charge in [0.2, 0.25) is 0 Å². The average molecular weight is 492 g/mol. The second-order valence-electron chi connectivity index (χ2n) is 10.4. The van der Waals surface area contributed by atoms with Crippen LogP contribution in [-0.2, 0) is 9.31 Å². The summed E-state index contributed by atoms with van der Waals surface area (Å²) in [5, 5.41) is 5.22. The maximum absolute atomic E-state index is 6.45. The Kier molecular flexibility index (Phi) is 4.57. The summed E-state index contributed by atoms with van der Waals surface area (Å²) in [4.78, 5) is 0. The second kappa shape index (κ2) is 7.41. The van der Waals surface area contributed by atoms with Crippen molar-refractivity contribution < 1.29 is 9.31 Å². The van der Waals surface area contributed by atoms with Gasteiger partial charge >= 0.3 is 7.12 Å². The molecule has 0 atom stereocenters. The molecule has 2 nitrogen and oxygen atoms in total. The highest BCUT2D eigenvalue weighted by Crippen LogP contribution is 2.45. The van der Waals surface area contributed by atoms with Crippen molar-refractivity contribution in [2.45, 2.75) is 38.9 Å². The highest BCUT2D eigenvalue weighted by molar-refractivity contribution is 7.28. The molecule has 0 amide bonds. The molecule has 0 bridgehead atoms. The fraction of sp³-hybridized carbons (Fsp3) is 0.200. The van der Waals surface area contributed by atoms with Crippen LogP contribution in [0.2, 0.25) is 0 Å². The number of thiophene rings is 2. The van der Waals surface area contributed by atoms with Gasteiger partial charge in [0.05, 0.1) is 11.2 Å². The highest BCUT2D eigenvalue weighted by atomic mass is 32.1. The summed E-state index contributed by atoms with van der Waals surface area (Å²) < 4.78 is 18.1. The fourth-order valence-electron chi connectivity index (χ4n) is 5.17. The first-order valence-electron chi connectivity index (χ1n) is 12.0. The van der Waals surface area contributed by atoms with Crippen LogP contribution in [0.1, 0.15) is 27.7 Å². The Hall–Kier alpha value is -2.70. The Bertz CT molecular complexity index is 1760. The third kappa shape index (κ3) is 3.09. The lowest BCUT2D eigenvalue weighted by Gasteiger charge is -2.32. The second-order valence-corrected chi connectivity index (χ2v) is 12.4. The van der Waals surface area contributed by atoms with Crippen LogP contribution in [0.3, 0.4) is 0 Å². The summed E-state index contributed by atoms with van der Waals surface area (Å²) in [5.41, 5.74) is 2.99. The van der Waals surface area contributed by atoms with E-state index in [2.05, 4.69) is 107 Å². The Labute approximate surface area is 213 Å². The van der Waals surface area contributed by atoms with Crippen molar-refractivity contribution in [3.05, 3.63) is 78.9 Å². The molecule has 0 aliphatic carbocycles. The van der Waals surface area contributed by atoms with Crippen LogP contribution in [0.25, 0.3) is 51.5 Å². The van der Waals surface area contributed by atoms with Gasteiger partial charge in [-0.05, 0) is 39.1 Å². The molecule has 172 valence electrons. The molecular weight excluding hydrogens is 467 g/mol. The third-order valence-corrected chi connectivity index (χ3v) is 10.3. The lowest BCUT2D eigenvalue weighted by Crippen LogP contribution is -2.41. The SMILES string of the molecule is CC1(C)OB(c2cccc3c2sc2c(-c4cccc5c4sc4ccccc45)cccc23)OC1(C)C. The van der Waals surface area contributed by atoms with Gasteiger partial charge in [-0.2, -0.15) is 0 Å². The molecule has 1 aliphatic rings. The molecule has 7 rings (SSSR count). The minimum absolute atomic E-state index is 0.363. The van der Waals surface area contributed by atoms with Crippen LogP contribution in [0, 0.1) is 0 Å². The minimum atomic E-state index is -0.369. The van der Waals surface area contributed by atoms with Crippen LogP contribution in [0.15, 0.2) is 78.9 Å². The van der Waals surface area contributed by atoms with E-state index < -0.39 is 0 Å². The Morgan fingerprint density at radius 2 is 1.06 bits per heavy atom. The van der Waals surface area contributed by atoms with Crippen molar-refractivity contribution in [2.24, 2.45) is 0 Å². The molecule has 1 aliphatic heterocycles. The van der Waals surface area contributed by atoms with Crippen molar-refractivity contribution in [1.29, 1.82) is 0 Å². The van der Waals surface area contributed by atoms with Crippen LogP contribution in [-0.4, -0.2) is 18.3 Å². The topological polar surface area (TPSA) is 18.5 Å². The summed E-state index contributed by atoms with van der Waals surface area (Å²) in [6.45, 7) is 8.45. The number of hydrogen-bond acceptors (Lipinski definition) is 4. The van der Waals surface area contributed by atoms with Crippen molar-refractivity contribution in [1.82, 2.24) is 0 Å². The van der Waals surface area contributed by atoms with Gasteiger partial charge < -0.3 is 9.31 Å². The predicted octanol–water partition coefficient (Wildman–Crippen LogP) is 8.39. The molecule has 35 heavy (non-hydrogen) atoms. The maximum atomic E-state index is 6.45. The molecule has 0 N–H and O–H groups in total. The zero-order chi connectivity index (χ0) is 23.9. The van der Waals surface area contributed by atoms with Gasteiger partial charge in [0.15, 0.2) is 0 Å². The molecular formula is C30H25BO2S2. The Balaban J connectivity index is 1.47. The van der Waals surface area contributed by atoms with Crippen molar-refractivity contribution in [3.8, 4) is 11.1 Å². The molecule has 0 unspecified atom stereocenters. The predicted molar refractivity (Wildman–Crippen MR) is 153 cm³/mol. The van der Waals surface area contributed by atoms with E-state index in [-0.39, 0.29) is 18.3 Å². The van der Waals surface area contributed by atoms with E-state index in [9.17, 15) is 0 Å². The smallest absolute Gasteiger partial charge is 0.399 e. The first kappa shape index (κ1) is 21.6. The lowest BCUT2D eigenvalue weighted by atomic mass is 9.78. The van der Waals surface area contributed by atoms with E-state index in [1.54, 1.807) is 0 Å². The molecule has 0 saturated carbocycles. The molecule has 3 heterocycles. The van der Waals surface area contributed by atoms with Crippen LogP contribution >= 0.6 is 22.7 Å². The van der Waals surface area contributed by atoms with E-state index in [0.29, 0.717) is 0 Å². The molecule has 1 fully saturated rings. The first-order valence-corrected chi connectivity index (χ1v) is 13.7. The monoisotopic (exact) mass is 492 g/mol. The molecule has 2 aromatic heterocycles. The van der Waals surface area contributed by atoms with Gasteiger partial charge in [-0.25, -0.2) is 0 Å². The molecule has 4 aromatic carbocycles. The quantitative estimate of drug-likeness (QED) is 0.226. The summed E-state index contributed by atoms with van der Waals surface area (Å²) in [6, 6.07) is 28.7. The van der Waals surface area contributed by atoms with Gasteiger partial charge in [-0.1, -0.05) is 72.8 Å². The van der Waals surface area contributed by atoms with E-state index >= 15 is 0 Å². The standard InChI is InChI=1S/C30H25BO2S2/c1-29(2)30(3,4)33-31(32-29)24-16-9-15-23-22-14-8-13-21(27(22)35-28(23)24)20-12-7-11-19-18-10-5-6-17-25(18)34-26(19)20/h5-17H,1-4H3. The number of rotatable bonds is 2. The summed E-state index contributed by atoms with van der Waals surface area (Å²) in [6.07, 6.45) is 0. The summed E-state index contributed by atoms with van der Waals surface area (Å²) in [5.74, 6) is 0. The molecule has 5 heteroatoms. The summed E-state index contributed by atoms with van der Waals surface area (Å²) in [7, 11) is -0.369. The Morgan fingerprint density at radius 1 is 0.543 bits per heavy atom. The maximum Gasteiger partial charge on any atom is 0.496 e. The highest BCUT2D eigenvalue weighted by Gasteiger charge is 2.52. The van der Waals surface area contributed by atoms with Gasteiger partial charge in [-0.15, -0.1) is 22.7 Å². The van der Waals surface area contributed by atoms with Crippen LogP contribution in [0.5, 0.6) is 0 Å². The van der Waals surface area contributed by atoms with Gasteiger partial charge in [0, 0.05) is 51.5 Å². The van der Waals surface area contributed by atoms with Gasteiger partial charge in [0.25, 0.3) is 0 Å².